The smallest absolute Gasteiger partial charge is 0.391 e. The summed E-state index contributed by atoms with van der Waals surface area (Å²) in [5.74, 6) is -1.04. The number of benzene rings is 2. The molecule has 1 aromatic heterocycles. The monoisotopic (exact) mass is 444 g/mol. The van der Waals surface area contributed by atoms with Crippen LogP contribution in [0.15, 0.2) is 56.6 Å². The second-order valence-corrected chi connectivity index (χ2v) is 8.54. The Morgan fingerprint density at radius 2 is 1.81 bits per heavy atom. The predicted octanol–water partition coefficient (Wildman–Crippen LogP) is 2.26. The van der Waals surface area contributed by atoms with E-state index in [2.05, 4.69) is 0 Å². The molecule has 0 N–H and O–H groups in total. The highest BCUT2D eigenvalue weighted by atomic mass is 32.2. The van der Waals surface area contributed by atoms with E-state index < -0.39 is 34.2 Å². The number of fused-ring (bicyclic) bond motifs is 1. The predicted molar refractivity (Wildman–Crippen MR) is 113 cm³/mol. The molecule has 0 aliphatic carbocycles. The molecule has 0 saturated heterocycles. The van der Waals surface area contributed by atoms with Gasteiger partial charge in [-0.2, -0.15) is 0 Å². The lowest BCUT2D eigenvalue weighted by Gasteiger charge is -2.15. The van der Waals surface area contributed by atoms with Gasteiger partial charge in [-0.05, 0) is 30.0 Å². The number of carbonyl (C=O) groups excluding carboxylic acids is 2. The van der Waals surface area contributed by atoms with Crippen LogP contribution in [-0.2, 0) is 20.4 Å². The van der Waals surface area contributed by atoms with Crippen molar-refractivity contribution in [2.45, 2.75) is 11.8 Å². The molecule has 0 bridgehead atoms. The van der Waals surface area contributed by atoms with Crippen molar-refractivity contribution in [3.63, 3.8) is 0 Å². The van der Waals surface area contributed by atoms with Gasteiger partial charge in [-0.3, -0.25) is 4.79 Å². The van der Waals surface area contributed by atoms with Gasteiger partial charge in [0.25, 0.3) is 0 Å². The number of rotatable bonds is 7. The standard InChI is InChI=1S/C22H20O8S/c1-13(23)29-15-8-5-4-7-14(15)21(25)28-11-12-31(3)20-19(24)18-16(27-2)9-6-10-17(18)30-22(20)26/h4-10H,11-12H2,1-3H3. The second kappa shape index (κ2) is 9.57. The van der Waals surface area contributed by atoms with Gasteiger partial charge in [-0.15, -0.1) is 0 Å². The second-order valence-electron chi connectivity index (χ2n) is 6.45. The van der Waals surface area contributed by atoms with Crippen LogP contribution in [0.25, 0.3) is 11.0 Å². The zero-order valence-electron chi connectivity index (χ0n) is 17.1. The van der Waals surface area contributed by atoms with Crippen LogP contribution >= 0.6 is 0 Å². The van der Waals surface area contributed by atoms with E-state index in [0.717, 1.165) is 0 Å². The Balaban J connectivity index is 1.76. The summed E-state index contributed by atoms with van der Waals surface area (Å²) in [6, 6.07) is 11.0. The zero-order valence-corrected chi connectivity index (χ0v) is 17.9. The van der Waals surface area contributed by atoms with Gasteiger partial charge >= 0.3 is 17.6 Å². The molecule has 0 radical (unpaired) electrons. The molecule has 1 heterocycles. The van der Waals surface area contributed by atoms with E-state index in [0.29, 0.717) is 5.75 Å². The number of carbonyl (C=O) groups is 2. The van der Waals surface area contributed by atoms with Crippen LogP contribution in [0.3, 0.4) is 0 Å². The van der Waals surface area contributed by atoms with Gasteiger partial charge < -0.3 is 23.7 Å². The van der Waals surface area contributed by atoms with Gasteiger partial charge in [0.05, 0.1) is 12.5 Å². The van der Waals surface area contributed by atoms with Crippen LogP contribution < -0.4 is 20.2 Å². The lowest BCUT2D eigenvalue weighted by Crippen LogP contribution is -2.22. The lowest BCUT2D eigenvalue weighted by atomic mass is 10.2. The first-order valence-corrected chi connectivity index (χ1v) is 11.0. The summed E-state index contributed by atoms with van der Waals surface area (Å²) < 4.78 is 20.8. The Labute approximate surface area is 180 Å². The van der Waals surface area contributed by atoms with E-state index in [1.54, 1.807) is 30.5 Å². The van der Waals surface area contributed by atoms with E-state index in [9.17, 15) is 19.5 Å². The third kappa shape index (κ3) is 4.83. The molecule has 8 nitrogen and oxygen atoms in total. The SMILES string of the molecule is COc1cccc2oc(=O)c([S+](C)CCOC(=O)c3ccccc3OC(C)=O)c([O-])c12. The molecule has 0 amide bonds. The number of hydrogen-bond donors (Lipinski definition) is 0. The summed E-state index contributed by atoms with van der Waals surface area (Å²) in [4.78, 5) is 36.0. The Morgan fingerprint density at radius 3 is 2.52 bits per heavy atom. The van der Waals surface area contributed by atoms with E-state index in [-0.39, 0.29) is 39.5 Å². The third-order valence-electron chi connectivity index (χ3n) is 4.36. The molecule has 3 rings (SSSR count). The molecule has 1 atom stereocenters. The summed E-state index contributed by atoms with van der Waals surface area (Å²) in [5, 5.41) is 13.1. The van der Waals surface area contributed by atoms with Crippen molar-refractivity contribution in [2.24, 2.45) is 0 Å². The molecule has 2 aromatic carbocycles. The van der Waals surface area contributed by atoms with Crippen molar-refractivity contribution in [3.8, 4) is 17.2 Å². The van der Waals surface area contributed by atoms with Crippen molar-refractivity contribution in [1.29, 1.82) is 0 Å². The van der Waals surface area contributed by atoms with Gasteiger partial charge in [-0.25, -0.2) is 9.59 Å². The van der Waals surface area contributed by atoms with E-state index in [1.807, 2.05) is 0 Å². The maximum absolute atomic E-state index is 12.9. The minimum atomic E-state index is -0.847. The minimum Gasteiger partial charge on any atom is -0.868 e. The highest BCUT2D eigenvalue weighted by Gasteiger charge is 2.26. The molecular weight excluding hydrogens is 424 g/mol. The van der Waals surface area contributed by atoms with E-state index in [1.165, 1.54) is 32.2 Å². The summed E-state index contributed by atoms with van der Waals surface area (Å²) in [5.41, 5.74) is -0.458. The number of ether oxygens (including phenoxy) is 3. The van der Waals surface area contributed by atoms with Gasteiger partial charge in [0.15, 0.2) is 0 Å². The van der Waals surface area contributed by atoms with Crippen molar-refractivity contribution < 1.29 is 33.3 Å². The molecule has 0 aliphatic heterocycles. The summed E-state index contributed by atoms with van der Waals surface area (Å²) in [7, 11) is 0.581. The molecule has 31 heavy (non-hydrogen) atoms. The molecule has 3 aromatic rings. The van der Waals surface area contributed by atoms with Gasteiger partial charge in [-0.1, -0.05) is 18.2 Å². The highest BCUT2D eigenvalue weighted by molar-refractivity contribution is 7.96. The van der Waals surface area contributed by atoms with Crippen LogP contribution in [0.1, 0.15) is 17.3 Å². The van der Waals surface area contributed by atoms with Crippen LogP contribution in [-0.4, -0.2) is 37.7 Å². The average molecular weight is 444 g/mol. The molecule has 9 heteroatoms. The fourth-order valence-corrected chi connectivity index (χ4v) is 4.24. The first-order chi connectivity index (χ1) is 14.8. The molecule has 162 valence electrons. The number of hydrogen-bond acceptors (Lipinski definition) is 8. The zero-order chi connectivity index (χ0) is 22.5. The molecule has 0 saturated carbocycles. The van der Waals surface area contributed by atoms with Crippen molar-refractivity contribution in [1.82, 2.24) is 0 Å². The van der Waals surface area contributed by atoms with E-state index in [4.69, 9.17) is 18.6 Å². The van der Waals surface area contributed by atoms with E-state index >= 15 is 0 Å². The molecule has 0 spiro atoms. The minimum absolute atomic E-state index is 0.00615. The summed E-state index contributed by atoms with van der Waals surface area (Å²) in [6.45, 7) is 1.19. The Bertz CT molecular complexity index is 1180. The lowest BCUT2D eigenvalue weighted by molar-refractivity contribution is -0.270. The van der Waals surface area contributed by atoms with Crippen LogP contribution in [0, 0.1) is 0 Å². The maximum atomic E-state index is 12.9. The van der Waals surface area contributed by atoms with Crippen LogP contribution in [0.4, 0.5) is 0 Å². The van der Waals surface area contributed by atoms with Crippen molar-refractivity contribution in [2.75, 3.05) is 25.7 Å². The Morgan fingerprint density at radius 1 is 1.10 bits per heavy atom. The fourth-order valence-electron chi connectivity index (χ4n) is 2.96. The average Bonchev–Trinajstić information content (AvgIpc) is 2.73. The maximum Gasteiger partial charge on any atom is 0.391 e. The third-order valence-corrected chi connectivity index (χ3v) is 6.19. The molecular formula is C22H20O8S. The fraction of sp³-hybridized carbons (Fsp3) is 0.227. The summed E-state index contributed by atoms with van der Waals surface area (Å²) in [6.07, 6.45) is 1.70. The van der Waals surface area contributed by atoms with Gasteiger partial charge in [0.2, 0.25) is 4.90 Å². The Hall–Kier alpha value is -3.46. The quantitative estimate of drug-likeness (QED) is 0.236. The number of esters is 2. The highest BCUT2D eigenvalue weighted by Crippen LogP contribution is 2.34. The Kier molecular flexibility index (Phi) is 6.86. The number of methoxy groups -OCH3 is 1. The summed E-state index contributed by atoms with van der Waals surface area (Å²) >= 11 is 0. The van der Waals surface area contributed by atoms with Crippen molar-refractivity contribution in [3.05, 3.63) is 58.4 Å². The van der Waals surface area contributed by atoms with Crippen molar-refractivity contribution >= 4 is 33.8 Å². The first-order valence-electron chi connectivity index (χ1n) is 9.21. The van der Waals surface area contributed by atoms with Crippen LogP contribution in [0.2, 0.25) is 0 Å². The largest absolute Gasteiger partial charge is 0.868 e. The number of para-hydroxylation sites is 1. The molecule has 0 fully saturated rings. The van der Waals surface area contributed by atoms with Gasteiger partial charge in [0.1, 0.15) is 41.3 Å². The first kappa shape index (κ1) is 22.2. The van der Waals surface area contributed by atoms with Crippen LogP contribution in [0.5, 0.6) is 17.2 Å². The normalized spacial score (nSPS) is 11.7. The molecule has 0 aliphatic rings. The van der Waals surface area contributed by atoms with Gasteiger partial charge in [0, 0.05) is 17.8 Å². The molecule has 1 unspecified atom stereocenters. The topological polar surface area (TPSA) is 115 Å².